The first-order chi connectivity index (χ1) is 8.77. The molecule has 0 radical (unpaired) electrons. The second-order valence-electron chi connectivity index (χ2n) is 3.86. The van der Waals surface area contributed by atoms with Crippen LogP contribution in [0.3, 0.4) is 0 Å². The molecule has 1 atom stereocenters. The van der Waals surface area contributed by atoms with Crippen LogP contribution in [0.2, 0.25) is 0 Å². The van der Waals surface area contributed by atoms with Crippen LogP contribution in [-0.2, 0) is 11.4 Å². The number of aliphatic imine (C=N–C) groups is 1. The molecule has 1 aromatic rings. The van der Waals surface area contributed by atoms with Crippen LogP contribution in [0.4, 0.5) is 0 Å². The third-order valence-corrected chi connectivity index (χ3v) is 2.34. The van der Waals surface area contributed by atoms with Crippen molar-refractivity contribution in [3.63, 3.8) is 0 Å². The number of rotatable bonds is 7. The van der Waals surface area contributed by atoms with Crippen molar-refractivity contribution in [1.82, 2.24) is 10.3 Å². The molecule has 98 valence electrons. The van der Waals surface area contributed by atoms with Crippen LogP contribution in [0.1, 0.15) is 26.0 Å². The summed E-state index contributed by atoms with van der Waals surface area (Å²) in [7, 11) is 0. The van der Waals surface area contributed by atoms with Crippen LogP contribution in [0, 0.1) is 0 Å². The summed E-state index contributed by atoms with van der Waals surface area (Å²) in [5, 5.41) is 6.72. The molecule has 0 saturated heterocycles. The van der Waals surface area contributed by atoms with E-state index in [0.717, 1.165) is 18.7 Å². The molecule has 0 bridgehead atoms. The van der Waals surface area contributed by atoms with Gasteiger partial charge >= 0.3 is 0 Å². The maximum absolute atomic E-state index is 5.08. The fourth-order valence-electron chi connectivity index (χ4n) is 1.38. The predicted octanol–water partition coefficient (Wildman–Crippen LogP) is 2.00. The Labute approximate surface area is 108 Å². The zero-order valence-electron chi connectivity index (χ0n) is 11.0. The van der Waals surface area contributed by atoms with E-state index in [0.29, 0.717) is 12.4 Å². The number of hydrogen-bond donors (Lipinski definition) is 1. The SMILES string of the molecule is C=NO/C(=N\CCC)C(C)NCc1ccccn1. The van der Waals surface area contributed by atoms with Crippen LogP contribution in [0.15, 0.2) is 34.5 Å². The van der Waals surface area contributed by atoms with Crippen molar-refractivity contribution in [2.24, 2.45) is 10.1 Å². The van der Waals surface area contributed by atoms with Gasteiger partial charge in [-0.05, 0) is 25.5 Å². The van der Waals surface area contributed by atoms with Gasteiger partial charge in [0.05, 0.1) is 11.7 Å². The average Bonchev–Trinajstić information content (AvgIpc) is 2.42. The number of pyridine rings is 1. The summed E-state index contributed by atoms with van der Waals surface area (Å²) in [6, 6.07) is 5.80. The Morgan fingerprint density at radius 1 is 1.56 bits per heavy atom. The molecular weight excluding hydrogens is 228 g/mol. The molecule has 1 heterocycles. The molecule has 5 heteroatoms. The number of nitrogens with zero attached hydrogens (tertiary/aromatic N) is 3. The van der Waals surface area contributed by atoms with Gasteiger partial charge in [-0.1, -0.05) is 18.1 Å². The molecule has 1 unspecified atom stereocenters. The molecule has 0 aliphatic rings. The third-order valence-electron chi connectivity index (χ3n) is 2.34. The first-order valence-electron chi connectivity index (χ1n) is 6.08. The fourth-order valence-corrected chi connectivity index (χ4v) is 1.38. The molecule has 0 spiro atoms. The molecule has 1 N–H and O–H groups in total. The molecular formula is C13H20N4O. The highest BCUT2D eigenvalue weighted by molar-refractivity contribution is 5.81. The maximum atomic E-state index is 5.08. The summed E-state index contributed by atoms with van der Waals surface area (Å²) >= 11 is 0. The van der Waals surface area contributed by atoms with Crippen LogP contribution in [0.5, 0.6) is 0 Å². The molecule has 18 heavy (non-hydrogen) atoms. The molecule has 1 rings (SSSR count). The van der Waals surface area contributed by atoms with Crippen LogP contribution >= 0.6 is 0 Å². The minimum Gasteiger partial charge on any atom is -0.341 e. The third kappa shape index (κ3) is 5.05. The quantitative estimate of drug-likeness (QED) is 0.456. The number of hydrogen-bond acceptors (Lipinski definition) is 5. The molecule has 0 fully saturated rings. The van der Waals surface area contributed by atoms with E-state index in [2.05, 4.69) is 34.1 Å². The highest BCUT2D eigenvalue weighted by Crippen LogP contribution is 1.98. The van der Waals surface area contributed by atoms with E-state index in [-0.39, 0.29) is 6.04 Å². The van der Waals surface area contributed by atoms with E-state index in [4.69, 9.17) is 4.84 Å². The van der Waals surface area contributed by atoms with Crippen molar-refractivity contribution in [1.29, 1.82) is 0 Å². The summed E-state index contributed by atoms with van der Waals surface area (Å²) in [4.78, 5) is 13.6. The van der Waals surface area contributed by atoms with E-state index in [1.165, 1.54) is 0 Å². The van der Waals surface area contributed by atoms with Crippen molar-refractivity contribution in [3.05, 3.63) is 30.1 Å². The summed E-state index contributed by atoms with van der Waals surface area (Å²) in [6.45, 7) is 8.74. The lowest BCUT2D eigenvalue weighted by Crippen LogP contribution is -2.34. The summed E-state index contributed by atoms with van der Waals surface area (Å²) < 4.78 is 0. The van der Waals surface area contributed by atoms with Crippen LogP contribution in [-0.4, -0.2) is 30.2 Å². The Balaban J connectivity index is 2.51. The first-order valence-corrected chi connectivity index (χ1v) is 6.08. The van der Waals surface area contributed by atoms with Gasteiger partial charge < -0.3 is 10.2 Å². The normalized spacial score (nSPS) is 13.1. The second-order valence-corrected chi connectivity index (χ2v) is 3.86. The Hall–Kier alpha value is -1.75. The molecule has 0 amide bonds. The van der Waals surface area contributed by atoms with E-state index >= 15 is 0 Å². The van der Waals surface area contributed by atoms with Gasteiger partial charge in [0, 0.05) is 26.0 Å². The molecule has 0 aliphatic carbocycles. The number of nitrogens with one attached hydrogen (secondary N) is 1. The summed E-state index contributed by atoms with van der Waals surface area (Å²) in [5.41, 5.74) is 0.978. The lowest BCUT2D eigenvalue weighted by molar-refractivity contribution is 0.308. The van der Waals surface area contributed by atoms with E-state index in [1.807, 2.05) is 25.1 Å². The van der Waals surface area contributed by atoms with Gasteiger partial charge in [-0.2, -0.15) is 0 Å². The maximum Gasteiger partial charge on any atom is 0.236 e. The minimum atomic E-state index is -0.0240. The van der Waals surface area contributed by atoms with Gasteiger partial charge in [-0.15, -0.1) is 0 Å². The van der Waals surface area contributed by atoms with Gasteiger partial charge in [0.25, 0.3) is 0 Å². The van der Waals surface area contributed by atoms with E-state index in [1.54, 1.807) is 6.20 Å². The van der Waals surface area contributed by atoms with Gasteiger partial charge in [-0.25, -0.2) is 0 Å². The van der Waals surface area contributed by atoms with Crippen molar-refractivity contribution in [2.45, 2.75) is 32.9 Å². The van der Waals surface area contributed by atoms with E-state index in [9.17, 15) is 0 Å². The Bertz CT molecular complexity index is 378. The lowest BCUT2D eigenvalue weighted by atomic mass is 10.3. The summed E-state index contributed by atoms with van der Waals surface area (Å²) in [6.07, 6.45) is 2.74. The van der Waals surface area contributed by atoms with Gasteiger partial charge in [0.1, 0.15) is 0 Å². The van der Waals surface area contributed by atoms with E-state index < -0.39 is 0 Å². The van der Waals surface area contributed by atoms with Crippen LogP contribution in [0.25, 0.3) is 0 Å². The molecule has 1 aromatic heterocycles. The topological polar surface area (TPSA) is 58.9 Å². The molecule has 0 aromatic carbocycles. The van der Waals surface area contributed by atoms with Crippen molar-refractivity contribution < 1.29 is 4.84 Å². The standard InChI is InChI=1S/C13H20N4O/c1-4-8-16-13(18-14-3)11(2)17-10-12-7-5-6-9-15-12/h5-7,9,11,17H,3-4,8,10H2,1-2H3/b16-13-. The van der Waals surface area contributed by atoms with Gasteiger partial charge in [-0.3, -0.25) is 9.98 Å². The Kier molecular flexibility index (Phi) is 6.64. The predicted molar refractivity (Wildman–Crippen MR) is 73.8 cm³/mol. The minimum absolute atomic E-state index is 0.0240. The van der Waals surface area contributed by atoms with Crippen molar-refractivity contribution in [3.8, 4) is 0 Å². The van der Waals surface area contributed by atoms with Gasteiger partial charge in [0.15, 0.2) is 0 Å². The van der Waals surface area contributed by atoms with Gasteiger partial charge in [0.2, 0.25) is 5.90 Å². The highest BCUT2D eigenvalue weighted by Gasteiger charge is 2.11. The largest absolute Gasteiger partial charge is 0.341 e. The first kappa shape index (κ1) is 14.3. The van der Waals surface area contributed by atoms with Crippen molar-refractivity contribution >= 4 is 12.6 Å². The smallest absolute Gasteiger partial charge is 0.236 e. The average molecular weight is 248 g/mol. The highest BCUT2D eigenvalue weighted by atomic mass is 16.6. The van der Waals surface area contributed by atoms with Crippen molar-refractivity contribution in [2.75, 3.05) is 6.54 Å². The molecule has 0 aliphatic heterocycles. The second kappa shape index (κ2) is 8.36. The monoisotopic (exact) mass is 248 g/mol. The number of oxime groups is 1. The zero-order valence-corrected chi connectivity index (χ0v) is 11.0. The lowest BCUT2D eigenvalue weighted by Gasteiger charge is -2.13. The molecule has 0 saturated carbocycles. The zero-order chi connectivity index (χ0) is 13.2. The summed E-state index contributed by atoms with van der Waals surface area (Å²) in [5.74, 6) is 0.558. The number of aromatic nitrogens is 1. The fraction of sp³-hybridized carbons (Fsp3) is 0.462. The Morgan fingerprint density at radius 2 is 2.39 bits per heavy atom. The molecule has 5 nitrogen and oxygen atoms in total. The Morgan fingerprint density at radius 3 is 3.00 bits per heavy atom. The van der Waals surface area contributed by atoms with Crippen LogP contribution < -0.4 is 5.32 Å².